The zero-order valence-corrected chi connectivity index (χ0v) is 39.3. The third kappa shape index (κ3) is 5.33. The van der Waals surface area contributed by atoms with Crippen molar-refractivity contribution in [2.75, 3.05) is 0 Å². The van der Waals surface area contributed by atoms with E-state index in [1.807, 2.05) is 17.4 Å². The number of rotatable bonds is 4. The summed E-state index contributed by atoms with van der Waals surface area (Å²) < 4.78 is 2.68. The highest BCUT2D eigenvalue weighted by molar-refractivity contribution is 7.26. The summed E-state index contributed by atoms with van der Waals surface area (Å²) in [6.45, 7) is 2.38. The van der Waals surface area contributed by atoms with E-state index >= 15 is 0 Å². The lowest BCUT2D eigenvalue weighted by Gasteiger charge is -2.50. The first-order valence-corrected chi connectivity index (χ1v) is 25.3. The van der Waals surface area contributed by atoms with Gasteiger partial charge in [-0.2, -0.15) is 0 Å². The van der Waals surface area contributed by atoms with E-state index in [1.165, 1.54) is 92.5 Å². The Morgan fingerprint density at radius 1 is 0.429 bits per heavy atom. The molecule has 4 aliphatic carbocycles. The molecular formula is C67H44N2S. The van der Waals surface area contributed by atoms with Crippen LogP contribution in [0.2, 0.25) is 0 Å². The Bertz CT molecular complexity index is 3960. The van der Waals surface area contributed by atoms with Crippen LogP contribution < -0.4 is 0 Å². The highest BCUT2D eigenvalue weighted by Gasteiger charge is 2.59. The van der Waals surface area contributed by atoms with Gasteiger partial charge >= 0.3 is 0 Å². The second-order valence-corrected chi connectivity index (χ2v) is 20.6. The molecule has 2 spiro atoms. The van der Waals surface area contributed by atoms with Gasteiger partial charge in [0.1, 0.15) is 0 Å². The number of thiophene rings is 1. The van der Waals surface area contributed by atoms with Crippen LogP contribution in [0.5, 0.6) is 0 Å². The Hall–Kier alpha value is -8.24. The van der Waals surface area contributed by atoms with Crippen LogP contribution in [0.4, 0.5) is 0 Å². The van der Waals surface area contributed by atoms with Crippen LogP contribution in [0.25, 0.3) is 81.9 Å². The van der Waals surface area contributed by atoms with E-state index in [0.717, 1.165) is 40.1 Å². The Labute approximate surface area is 411 Å². The van der Waals surface area contributed by atoms with Gasteiger partial charge in [-0.15, -0.1) is 11.3 Å². The average molecular weight is 909 g/mol. The summed E-state index contributed by atoms with van der Waals surface area (Å²) in [5, 5.41) is 2.65. The van der Waals surface area contributed by atoms with E-state index in [1.54, 1.807) is 0 Å². The first-order chi connectivity index (χ1) is 34.6. The lowest BCUT2D eigenvalue weighted by molar-refractivity contribution is 0.576. The number of hydrogen-bond acceptors (Lipinski definition) is 3. The Morgan fingerprint density at radius 3 is 1.79 bits per heavy atom. The van der Waals surface area contributed by atoms with Crippen molar-refractivity contribution >= 4 is 37.1 Å². The average Bonchev–Trinajstić information content (AvgIpc) is 4.05. The molecule has 1 atom stereocenters. The van der Waals surface area contributed by atoms with Gasteiger partial charge in [-0.25, -0.2) is 9.97 Å². The molecule has 9 aromatic carbocycles. The standard InChI is InChI=1S/C67H44N2S/c1-41-31-33-48-47-23-8-10-25-52(47)66(58(48)37-41)53-26-11-13-28-55(53)67(56-29-14-12-27-54(56)66)57-36-35-50-49-24-9-15-30-62(49)70-64(50)63(57)51-34-32-45(39-59(51)67)44-21-16-22-46(38-44)61-40-60(42-17-4-2-5-18-42)68-65(69-61)43-19-6-3-7-20-43/h2-36,38-41H,37H2,1H3. The van der Waals surface area contributed by atoms with Crippen LogP contribution in [-0.2, 0) is 10.8 Å². The Balaban J connectivity index is 0.998. The quantitative estimate of drug-likeness (QED) is 0.176. The number of benzene rings is 9. The fourth-order valence-electron chi connectivity index (χ4n) is 13.1. The van der Waals surface area contributed by atoms with E-state index in [0.29, 0.717) is 11.7 Å². The lowest BCUT2D eigenvalue weighted by atomic mass is 9.51. The SMILES string of the molecule is CC1C=CC2=C(C1)C1(c3ccccc32)c2ccccc2C2(c3cc(-c4cccc(-c5cc(-c6ccccc6)nc(-c6ccccc6)n5)c4)ccc3-c3c2ccc2c3sc3ccccc32)c2ccccc21. The zero-order chi connectivity index (χ0) is 46.1. The van der Waals surface area contributed by atoms with Crippen LogP contribution in [0.3, 0.4) is 0 Å². The van der Waals surface area contributed by atoms with Gasteiger partial charge in [-0.1, -0.05) is 213 Å². The van der Waals surface area contributed by atoms with Gasteiger partial charge in [-0.05, 0) is 109 Å². The molecule has 2 heterocycles. The molecule has 328 valence electrons. The summed E-state index contributed by atoms with van der Waals surface area (Å²) in [6, 6.07) is 81.4. The predicted octanol–water partition coefficient (Wildman–Crippen LogP) is 16.9. The molecule has 0 radical (unpaired) electrons. The monoisotopic (exact) mass is 908 g/mol. The Morgan fingerprint density at radius 2 is 1.03 bits per heavy atom. The van der Waals surface area contributed by atoms with Gasteiger partial charge in [0.05, 0.1) is 22.2 Å². The summed E-state index contributed by atoms with van der Waals surface area (Å²) in [6.07, 6.45) is 5.86. The van der Waals surface area contributed by atoms with E-state index in [2.05, 4.69) is 231 Å². The van der Waals surface area contributed by atoms with Gasteiger partial charge in [0.2, 0.25) is 0 Å². The number of hydrogen-bond donors (Lipinski definition) is 0. The molecule has 70 heavy (non-hydrogen) atoms. The van der Waals surface area contributed by atoms with Crippen molar-refractivity contribution in [2.45, 2.75) is 24.2 Å². The van der Waals surface area contributed by atoms with Crippen molar-refractivity contribution in [1.29, 1.82) is 0 Å². The van der Waals surface area contributed by atoms with Crippen molar-refractivity contribution in [3.8, 4) is 56.2 Å². The fraction of sp³-hybridized carbons (Fsp3) is 0.0746. The minimum atomic E-state index is -0.600. The highest BCUT2D eigenvalue weighted by atomic mass is 32.1. The van der Waals surface area contributed by atoms with Crippen LogP contribution >= 0.6 is 11.3 Å². The molecule has 0 amide bonds. The summed E-state index contributed by atoms with van der Waals surface area (Å²) in [5.41, 5.74) is 22.8. The van der Waals surface area contributed by atoms with E-state index in [9.17, 15) is 0 Å². The third-order valence-corrected chi connectivity index (χ3v) is 17.2. The molecule has 4 aliphatic rings. The summed E-state index contributed by atoms with van der Waals surface area (Å²) in [4.78, 5) is 10.4. The van der Waals surface area contributed by atoms with E-state index in [-0.39, 0.29) is 0 Å². The van der Waals surface area contributed by atoms with Crippen molar-refractivity contribution < 1.29 is 0 Å². The molecule has 0 N–H and O–H groups in total. The molecule has 0 bridgehead atoms. The highest BCUT2D eigenvalue weighted by Crippen LogP contribution is 2.69. The largest absolute Gasteiger partial charge is 0.228 e. The first kappa shape index (κ1) is 39.7. The smallest absolute Gasteiger partial charge is 0.160 e. The van der Waals surface area contributed by atoms with Crippen molar-refractivity contribution in [3.63, 3.8) is 0 Å². The maximum atomic E-state index is 5.25. The zero-order valence-electron chi connectivity index (χ0n) is 38.5. The second-order valence-electron chi connectivity index (χ2n) is 19.6. The first-order valence-electron chi connectivity index (χ1n) is 24.5. The molecule has 2 aromatic heterocycles. The van der Waals surface area contributed by atoms with E-state index in [4.69, 9.17) is 9.97 Å². The Kier molecular flexibility index (Phi) is 8.44. The summed E-state index contributed by atoms with van der Waals surface area (Å²) in [7, 11) is 0. The lowest BCUT2D eigenvalue weighted by Crippen LogP contribution is -2.44. The van der Waals surface area contributed by atoms with E-state index < -0.39 is 10.8 Å². The number of fused-ring (bicyclic) bond motifs is 19. The van der Waals surface area contributed by atoms with Crippen molar-refractivity contribution in [3.05, 3.63) is 281 Å². The maximum absolute atomic E-state index is 5.25. The number of nitrogens with zero attached hydrogens (tertiary/aromatic N) is 2. The normalized spacial score (nSPS) is 19.0. The minimum Gasteiger partial charge on any atom is -0.228 e. The summed E-state index contributed by atoms with van der Waals surface area (Å²) in [5.74, 6) is 1.15. The van der Waals surface area contributed by atoms with Crippen LogP contribution in [-0.4, -0.2) is 9.97 Å². The van der Waals surface area contributed by atoms with Crippen LogP contribution in [0.1, 0.15) is 57.9 Å². The molecule has 0 fully saturated rings. The molecule has 15 rings (SSSR count). The molecule has 3 heteroatoms. The number of aromatic nitrogens is 2. The molecule has 0 saturated carbocycles. The topological polar surface area (TPSA) is 25.8 Å². The third-order valence-electron chi connectivity index (χ3n) is 15.9. The maximum Gasteiger partial charge on any atom is 0.160 e. The fourth-order valence-corrected chi connectivity index (χ4v) is 14.4. The van der Waals surface area contributed by atoms with Gasteiger partial charge in [0.15, 0.2) is 5.82 Å². The van der Waals surface area contributed by atoms with Crippen molar-refractivity contribution in [2.24, 2.45) is 5.92 Å². The van der Waals surface area contributed by atoms with Gasteiger partial charge in [0, 0.05) is 42.4 Å². The van der Waals surface area contributed by atoms with Gasteiger partial charge in [0.25, 0.3) is 0 Å². The summed E-state index contributed by atoms with van der Waals surface area (Å²) >= 11 is 1.94. The second kappa shape index (κ2) is 14.9. The molecule has 1 unspecified atom stereocenters. The molecular weight excluding hydrogens is 865 g/mol. The van der Waals surface area contributed by atoms with Crippen LogP contribution in [0, 0.1) is 5.92 Å². The van der Waals surface area contributed by atoms with Gasteiger partial charge in [-0.3, -0.25) is 0 Å². The molecule has 0 saturated heterocycles. The minimum absolute atomic E-state index is 0.435. The number of allylic oxidation sites excluding steroid dienone is 4. The van der Waals surface area contributed by atoms with Crippen LogP contribution in [0.15, 0.2) is 236 Å². The van der Waals surface area contributed by atoms with Gasteiger partial charge < -0.3 is 0 Å². The molecule has 2 nitrogen and oxygen atoms in total. The predicted molar refractivity (Wildman–Crippen MR) is 290 cm³/mol. The molecule has 0 aliphatic heterocycles. The molecule has 11 aromatic rings. The van der Waals surface area contributed by atoms with Crippen molar-refractivity contribution in [1.82, 2.24) is 9.97 Å².